The highest BCUT2D eigenvalue weighted by molar-refractivity contribution is 14.1. The first-order valence-corrected chi connectivity index (χ1v) is 11.9. The van der Waals surface area contributed by atoms with Gasteiger partial charge in [0, 0.05) is 3.57 Å². The summed E-state index contributed by atoms with van der Waals surface area (Å²) in [5.41, 5.74) is 9.43. The van der Waals surface area contributed by atoms with Crippen LogP contribution in [0.1, 0.15) is 11.1 Å². The van der Waals surface area contributed by atoms with Crippen LogP contribution in [-0.4, -0.2) is 19.0 Å². The van der Waals surface area contributed by atoms with Gasteiger partial charge in [0.25, 0.3) is 0 Å². The lowest BCUT2D eigenvalue weighted by Crippen LogP contribution is -2.40. The number of nitriles is 2. The van der Waals surface area contributed by atoms with Crippen LogP contribution in [0, 0.1) is 32.2 Å². The number of rotatable bonds is 7. The lowest BCUT2D eigenvalue weighted by atomic mass is 9.95. The van der Waals surface area contributed by atoms with Crippen LogP contribution in [0.25, 0.3) is 6.08 Å². The summed E-state index contributed by atoms with van der Waals surface area (Å²) < 4.78 is 12.6. The summed E-state index contributed by atoms with van der Waals surface area (Å²) in [5.74, 6) is 0.376. The zero-order valence-corrected chi connectivity index (χ0v) is 21.1. The number of ether oxygens (including phenoxy) is 2. The van der Waals surface area contributed by atoms with E-state index in [9.17, 15) is 10.5 Å². The number of anilines is 1. The van der Waals surface area contributed by atoms with Crippen molar-refractivity contribution in [3.63, 3.8) is 0 Å². The first-order chi connectivity index (χ1) is 17.0. The summed E-state index contributed by atoms with van der Waals surface area (Å²) in [4.78, 5) is 0. The summed E-state index contributed by atoms with van der Waals surface area (Å²) in [5, 5.41) is 25.8. The van der Waals surface area contributed by atoms with Crippen molar-refractivity contribution in [3.05, 3.63) is 93.1 Å². The van der Waals surface area contributed by atoms with Gasteiger partial charge in [0.1, 0.15) is 24.8 Å². The Labute approximate surface area is 217 Å². The van der Waals surface area contributed by atoms with Gasteiger partial charge in [-0.3, -0.25) is 0 Å². The maximum atomic E-state index is 9.89. The highest BCUT2D eigenvalue weighted by atomic mass is 127. The Hall–Kier alpha value is -3.86. The number of halogens is 1. The summed E-state index contributed by atoms with van der Waals surface area (Å²) in [7, 11) is 1.56. The lowest BCUT2D eigenvalue weighted by molar-refractivity contribution is 0.284. The van der Waals surface area contributed by atoms with Crippen LogP contribution >= 0.6 is 22.6 Å². The number of nitrogens with zero attached hydrogens (tertiary/aromatic N) is 4. The van der Waals surface area contributed by atoms with Gasteiger partial charge in [-0.15, -0.1) is 0 Å². The highest BCUT2D eigenvalue weighted by Gasteiger charge is 2.37. The molecule has 2 atom stereocenters. The molecule has 0 fully saturated rings. The van der Waals surface area contributed by atoms with E-state index < -0.39 is 12.1 Å². The van der Waals surface area contributed by atoms with E-state index >= 15 is 0 Å². The average molecular weight is 575 g/mol. The van der Waals surface area contributed by atoms with Crippen LogP contribution in [0.2, 0.25) is 0 Å². The van der Waals surface area contributed by atoms with Crippen molar-refractivity contribution in [3.8, 4) is 23.6 Å². The van der Waals surface area contributed by atoms with Crippen molar-refractivity contribution < 1.29 is 9.47 Å². The van der Waals surface area contributed by atoms with E-state index in [1.807, 2.05) is 60.7 Å². The van der Waals surface area contributed by atoms with Crippen LogP contribution in [0.4, 0.5) is 5.69 Å². The maximum absolute atomic E-state index is 9.89. The molecule has 174 valence electrons. The van der Waals surface area contributed by atoms with Crippen LogP contribution in [0.15, 0.2) is 83.5 Å². The van der Waals surface area contributed by atoms with E-state index in [2.05, 4.69) is 39.8 Å². The predicted octanol–water partition coefficient (Wildman–Crippen LogP) is 5.09. The number of nitrogens with two attached hydrogens (primary N) is 1. The number of hydrogen-bond donors (Lipinski definition) is 1. The Bertz CT molecular complexity index is 1340. The van der Waals surface area contributed by atoms with Crippen LogP contribution in [-0.2, 0) is 6.61 Å². The van der Waals surface area contributed by atoms with Crippen LogP contribution < -0.4 is 20.2 Å². The quantitative estimate of drug-likeness (QED) is 0.311. The summed E-state index contributed by atoms with van der Waals surface area (Å²) >= 11 is 2.26. The molecule has 1 aliphatic rings. The molecule has 8 heteroatoms. The van der Waals surface area contributed by atoms with Gasteiger partial charge in [-0.1, -0.05) is 36.4 Å². The van der Waals surface area contributed by atoms with Gasteiger partial charge in [0.15, 0.2) is 11.5 Å². The standard InChI is InChI=1S/C27H22IN5O2/c1-34-25-14-19(9-12-24(25)35-17-18-7-10-21(28)11-8-18)13-20(15-29)26-23(16-30)27(31)33(32-26)22-5-3-2-4-6-22/h2-14,23,27H,17,31H2,1H3/b20-13-/t23-,27+/m1/s1. The number of methoxy groups -OCH3 is 1. The molecule has 0 aromatic heterocycles. The molecule has 1 heterocycles. The van der Waals surface area contributed by atoms with Crippen molar-refractivity contribution in [2.24, 2.45) is 16.8 Å². The second-order valence-corrected chi connectivity index (χ2v) is 9.00. The molecule has 7 nitrogen and oxygen atoms in total. The van der Waals surface area contributed by atoms with Gasteiger partial charge in [-0.05, 0) is 76.2 Å². The van der Waals surface area contributed by atoms with Gasteiger partial charge in [0.2, 0.25) is 0 Å². The average Bonchev–Trinajstić information content (AvgIpc) is 3.23. The van der Waals surface area contributed by atoms with Crippen LogP contribution in [0.5, 0.6) is 11.5 Å². The van der Waals surface area contributed by atoms with Gasteiger partial charge >= 0.3 is 0 Å². The number of benzene rings is 3. The van der Waals surface area contributed by atoms with E-state index in [1.54, 1.807) is 30.3 Å². The summed E-state index contributed by atoms with van der Waals surface area (Å²) in [6.45, 7) is 0.403. The second-order valence-electron chi connectivity index (χ2n) is 7.76. The van der Waals surface area contributed by atoms with Crippen molar-refractivity contribution in [2.75, 3.05) is 12.1 Å². The van der Waals surface area contributed by atoms with E-state index in [1.165, 1.54) is 0 Å². The van der Waals surface area contributed by atoms with Gasteiger partial charge in [-0.25, -0.2) is 5.01 Å². The highest BCUT2D eigenvalue weighted by Crippen LogP contribution is 2.32. The number of para-hydroxylation sites is 1. The molecule has 4 rings (SSSR count). The normalized spacial score (nSPS) is 17.3. The fourth-order valence-electron chi connectivity index (χ4n) is 3.68. The third kappa shape index (κ3) is 5.46. The van der Waals surface area contributed by atoms with Crippen molar-refractivity contribution >= 4 is 40.1 Å². The van der Waals surface area contributed by atoms with Crippen molar-refractivity contribution in [1.29, 1.82) is 10.5 Å². The van der Waals surface area contributed by atoms with E-state index in [4.69, 9.17) is 15.2 Å². The largest absolute Gasteiger partial charge is 0.493 e. The zero-order chi connectivity index (χ0) is 24.8. The van der Waals surface area contributed by atoms with E-state index in [0.717, 1.165) is 14.8 Å². The molecule has 0 amide bonds. The van der Waals surface area contributed by atoms with Gasteiger partial charge in [0.05, 0.1) is 30.2 Å². The smallest absolute Gasteiger partial charge is 0.161 e. The van der Waals surface area contributed by atoms with E-state index in [-0.39, 0.29) is 5.57 Å². The van der Waals surface area contributed by atoms with Gasteiger partial charge < -0.3 is 15.2 Å². The molecule has 0 unspecified atom stereocenters. The second kappa shape index (κ2) is 11.0. The molecule has 0 spiro atoms. The molecule has 35 heavy (non-hydrogen) atoms. The number of allylic oxidation sites excluding steroid dienone is 1. The third-order valence-corrected chi connectivity index (χ3v) is 6.22. The van der Waals surface area contributed by atoms with Crippen molar-refractivity contribution in [1.82, 2.24) is 0 Å². The molecule has 1 aliphatic heterocycles. The minimum atomic E-state index is -0.750. The molecule has 2 N–H and O–H groups in total. The molecular formula is C27H22IN5O2. The third-order valence-electron chi connectivity index (χ3n) is 5.50. The minimum Gasteiger partial charge on any atom is -0.493 e. The number of hydrogen-bond acceptors (Lipinski definition) is 7. The summed E-state index contributed by atoms with van der Waals surface area (Å²) in [6, 6.07) is 27.2. The van der Waals surface area contributed by atoms with Crippen molar-refractivity contribution in [2.45, 2.75) is 12.8 Å². The monoisotopic (exact) mass is 575 g/mol. The molecular weight excluding hydrogens is 553 g/mol. The molecule has 0 saturated carbocycles. The van der Waals surface area contributed by atoms with Gasteiger partial charge in [-0.2, -0.15) is 15.6 Å². The first-order valence-electron chi connectivity index (χ1n) is 10.8. The Kier molecular flexibility index (Phi) is 7.66. The Morgan fingerprint density at radius 3 is 2.49 bits per heavy atom. The molecule has 3 aromatic rings. The Balaban J connectivity index is 1.60. The van der Waals surface area contributed by atoms with Crippen LogP contribution in [0.3, 0.4) is 0 Å². The Morgan fingerprint density at radius 2 is 1.83 bits per heavy atom. The molecule has 0 aliphatic carbocycles. The lowest BCUT2D eigenvalue weighted by Gasteiger charge is -2.21. The predicted molar refractivity (Wildman–Crippen MR) is 144 cm³/mol. The van der Waals surface area contributed by atoms with E-state index in [0.29, 0.717) is 29.4 Å². The minimum absolute atomic E-state index is 0.264. The zero-order valence-electron chi connectivity index (χ0n) is 18.9. The SMILES string of the molecule is COc1cc(/C=C(/C#N)C2=NN(c3ccccc3)[C@H](N)[C@@H]2C#N)ccc1OCc1ccc(I)cc1. The fourth-order valence-corrected chi connectivity index (χ4v) is 4.04. The summed E-state index contributed by atoms with van der Waals surface area (Å²) in [6.07, 6.45) is 0.983. The molecule has 0 saturated heterocycles. The molecule has 0 radical (unpaired) electrons. The number of hydrazone groups is 1. The molecule has 3 aromatic carbocycles. The fraction of sp³-hybridized carbons (Fsp3) is 0.148. The topological polar surface area (TPSA) is 108 Å². The molecule has 0 bridgehead atoms. The Morgan fingerprint density at radius 1 is 1.09 bits per heavy atom. The first kappa shape index (κ1) is 24.3. The maximum Gasteiger partial charge on any atom is 0.161 e.